The smallest absolute Gasteiger partial charge is 0.246 e. The van der Waals surface area contributed by atoms with Gasteiger partial charge in [0.25, 0.3) is 0 Å². The van der Waals surface area contributed by atoms with Crippen LogP contribution in [0.3, 0.4) is 0 Å². The van der Waals surface area contributed by atoms with Crippen molar-refractivity contribution >= 4 is 5.96 Å². The normalized spacial score (nSPS) is 24.0. The number of aryl methyl sites for hydroxylation is 1. The van der Waals surface area contributed by atoms with Crippen molar-refractivity contribution in [3.63, 3.8) is 0 Å². The third-order valence-corrected chi connectivity index (χ3v) is 4.55. The Labute approximate surface area is 131 Å². The summed E-state index contributed by atoms with van der Waals surface area (Å²) in [5.74, 6) is 2.19. The number of aromatic nitrogens is 2. The molecule has 0 radical (unpaired) electrons. The Kier molecular flexibility index (Phi) is 4.92. The molecule has 122 valence electrons. The predicted octanol–water partition coefficient (Wildman–Crippen LogP) is 1.01. The number of aliphatic imine (C=N–C) groups is 1. The molecule has 0 aliphatic carbocycles. The number of nitrogens with zero attached hydrogens (tertiary/aromatic N) is 5. The van der Waals surface area contributed by atoms with Crippen molar-refractivity contribution in [3.05, 3.63) is 11.7 Å². The average Bonchev–Trinajstić information content (AvgIpc) is 3.18. The van der Waals surface area contributed by atoms with Gasteiger partial charge in [0.2, 0.25) is 5.89 Å². The molecule has 0 amide bonds. The topological polar surface area (TPSA) is 69.8 Å². The first-order chi connectivity index (χ1) is 10.8. The molecule has 7 heteroatoms. The minimum Gasteiger partial charge on any atom is -0.347 e. The Bertz CT molecular complexity index is 508. The van der Waals surface area contributed by atoms with Crippen LogP contribution in [0.5, 0.6) is 0 Å². The molecule has 7 nitrogen and oxygen atoms in total. The molecule has 0 bridgehead atoms. The Hall–Kier alpha value is -1.63. The molecule has 1 aromatic rings. The molecule has 2 fully saturated rings. The van der Waals surface area contributed by atoms with Crippen molar-refractivity contribution < 1.29 is 4.52 Å². The van der Waals surface area contributed by atoms with Gasteiger partial charge in [-0.15, -0.1) is 0 Å². The third-order valence-electron chi connectivity index (χ3n) is 4.55. The zero-order chi connectivity index (χ0) is 15.4. The van der Waals surface area contributed by atoms with Crippen molar-refractivity contribution in [2.45, 2.75) is 45.2 Å². The lowest BCUT2D eigenvalue weighted by Gasteiger charge is -2.32. The molecule has 3 rings (SSSR count). The predicted molar refractivity (Wildman–Crippen MR) is 84.6 cm³/mol. The fourth-order valence-electron chi connectivity index (χ4n) is 3.41. The van der Waals surface area contributed by atoms with Crippen LogP contribution in [-0.2, 0) is 6.54 Å². The standard InChI is InChI=1S/C15H26N6O/c1-12-18-14(22-19-12)10-17-15(16-2)21-9-6-13(11-21)20-7-4-3-5-8-20/h13H,3-11H2,1-2H3,(H,16,17). The van der Waals surface area contributed by atoms with E-state index in [9.17, 15) is 0 Å². The van der Waals surface area contributed by atoms with Crippen molar-refractivity contribution in [1.82, 2.24) is 25.3 Å². The van der Waals surface area contributed by atoms with E-state index in [0.717, 1.165) is 19.0 Å². The van der Waals surface area contributed by atoms with E-state index in [-0.39, 0.29) is 0 Å². The number of guanidine groups is 1. The summed E-state index contributed by atoms with van der Waals surface area (Å²) >= 11 is 0. The summed E-state index contributed by atoms with van der Waals surface area (Å²) in [4.78, 5) is 13.6. The average molecular weight is 306 g/mol. The Morgan fingerprint density at radius 1 is 1.32 bits per heavy atom. The van der Waals surface area contributed by atoms with Crippen LogP contribution in [0.1, 0.15) is 37.4 Å². The van der Waals surface area contributed by atoms with Crippen LogP contribution >= 0.6 is 0 Å². The molecule has 2 aliphatic heterocycles. The fraction of sp³-hybridized carbons (Fsp3) is 0.800. The first-order valence-electron chi connectivity index (χ1n) is 8.25. The molecule has 0 aromatic carbocycles. The summed E-state index contributed by atoms with van der Waals surface area (Å²) in [5.41, 5.74) is 0. The molecule has 0 spiro atoms. The second kappa shape index (κ2) is 7.09. The van der Waals surface area contributed by atoms with Crippen LogP contribution in [-0.4, -0.2) is 65.2 Å². The molecular formula is C15H26N6O. The van der Waals surface area contributed by atoms with Gasteiger partial charge in [-0.1, -0.05) is 11.6 Å². The molecule has 2 saturated heterocycles. The van der Waals surface area contributed by atoms with Crippen LogP contribution < -0.4 is 5.32 Å². The summed E-state index contributed by atoms with van der Waals surface area (Å²) < 4.78 is 5.13. The van der Waals surface area contributed by atoms with E-state index in [1.165, 1.54) is 38.8 Å². The summed E-state index contributed by atoms with van der Waals surface area (Å²) in [6.07, 6.45) is 5.31. The van der Waals surface area contributed by atoms with E-state index in [4.69, 9.17) is 4.52 Å². The summed E-state index contributed by atoms with van der Waals surface area (Å²) in [6.45, 7) is 6.98. The van der Waals surface area contributed by atoms with Crippen molar-refractivity contribution in [2.24, 2.45) is 4.99 Å². The SMILES string of the molecule is CN=C(NCc1nc(C)no1)N1CCC(N2CCCCC2)C1. The molecule has 22 heavy (non-hydrogen) atoms. The van der Waals surface area contributed by atoms with E-state index in [1.807, 2.05) is 14.0 Å². The first kappa shape index (κ1) is 15.3. The summed E-state index contributed by atoms with van der Waals surface area (Å²) in [6, 6.07) is 0.671. The highest BCUT2D eigenvalue weighted by Gasteiger charge is 2.30. The minimum absolute atomic E-state index is 0.526. The van der Waals surface area contributed by atoms with Gasteiger partial charge >= 0.3 is 0 Å². The van der Waals surface area contributed by atoms with Crippen LogP contribution in [0.25, 0.3) is 0 Å². The number of hydrogen-bond donors (Lipinski definition) is 1. The molecule has 1 atom stereocenters. The van der Waals surface area contributed by atoms with E-state index in [0.29, 0.717) is 24.3 Å². The first-order valence-corrected chi connectivity index (χ1v) is 8.25. The Morgan fingerprint density at radius 2 is 2.14 bits per heavy atom. The summed E-state index contributed by atoms with van der Waals surface area (Å²) in [7, 11) is 1.83. The quantitative estimate of drug-likeness (QED) is 0.664. The molecule has 1 unspecified atom stereocenters. The van der Waals surface area contributed by atoms with Gasteiger partial charge in [-0.05, 0) is 39.3 Å². The molecule has 1 N–H and O–H groups in total. The van der Waals surface area contributed by atoms with Gasteiger partial charge in [0.15, 0.2) is 11.8 Å². The minimum atomic E-state index is 0.526. The highest BCUT2D eigenvalue weighted by Crippen LogP contribution is 2.20. The van der Waals surface area contributed by atoms with Gasteiger partial charge in [-0.3, -0.25) is 9.89 Å². The number of likely N-dealkylation sites (tertiary alicyclic amines) is 2. The molecule has 2 aliphatic rings. The van der Waals surface area contributed by atoms with E-state index >= 15 is 0 Å². The second-order valence-electron chi connectivity index (χ2n) is 6.12. The zero-order valence-electron chi connectivity index (χ0n) is 13.6. The van der Waals surface area contributed by atoms with Crippen LogP contribution in [0, 0.1) is 6.92 Å². The van der Waals surface area contributed by atoms with Gasteiger partial charge in [0.1, 0.15) is 0 Å². The number of rotatable bonds is 3. The molecule has 0 saturated carbocycles. The van der Waals surface area contributed by atoms with Gasteiger partial charge < -0.3 is 14.7 Å². The Morgan fingerprint density at radius 3 is 2.82 bits per heavy atom. The van der Waals surface area contributed by atoms with Crippen molar-refractivity contribution in [3.8, 4) is 0 Å². The zero-order valence-corrected chi connectivity index (χ0v) is 13.6. The highest BCUT2D eigenvalue weighted by atomic mass is 16.5. The van der Waals surface area contributed by atoms with Gasteiger partial charge in [0, 0.05) is 26.2 Å². The van der Waals surface area contributed by atoms with E-state index in [1.54, 1.807) is 0 Å². The monoisotopic (exact) mass is 306 g/mol. The van der Waals surface area contributed by atoms with Gasteiger partial charge in [0.05, 0.1) is 6.54 Å². The maximum atomic E-state index is 5.13. The van der Waals surface area contributed by atoms with Crippen molar-refractivity contribution in [2.75, 3.05) is 33.2 Å². The van der Waals surface area contributed by atoms with E-state index in [2.05, 4.69) is 30.2 Å². The molecule has 1 aromatic heterocycles. The van der Waals surface area contributed by atoms with E-state index < -0.39 is 0 Å². The van der Waals surface area contributed by atoms with Gasteiger partial charge in [-0.2, -0.15) is 4.98 Å². The lowest BCUT2D eigenvalue weighted by Crippen LogP contribution is -2.44. The second-order valence-corrected chi connectivity index (χ2v) is 6.12. The maximum Gasteiger partial charge on any atom is 0.246 e. The lowest BCUT2D eigenvalue weighted by atomic mass is 10.1. The van der Waals surface area contributed by atoms with Crippen LogP contribution in [0.4, 0.5) is 0 Å². The van der Waals surface area contributed by atoms with Crippen LogP contribution in [0.2, 0.25) is 0 Å². The van der Waals surface area contributed by atoms with Gasteiger partial charge in [-0.25, -0.2) is 0 Å². The largest absolute Gasteiger partial charge is 0.347 e. The van der Waals surface area contributed by atoms with Crippen molar-refractivity contribution in [1.29, 1.82) is 0 Å². The number of nitrogens with one attached hydrogen (secondary N) is 1. The molecule has 3 heterocycles. The third kappa shape index (κ3) is 3.58. The summed E-state index contributed by atoms with van der Waals surface area (Å²) in [5, 5.41) is 7.13. The van der Waals surface area contributed by atoms with Crippen LogP contribution in [0.15, 0.2) is 9.52 Å². The number of piperidine rings is 1. The highest BCUT2D eigenvalue weighted by molar-refractivity contribution is 5.80. The fourth-order valence-corrected chi connectivity index (χ4v) is 3.41. The Balaban J connectivity index is 1.51. The molecular weight excluding hydrogens is 280 g/mol. The maximum absolute atomic E-state index is 5.13. The number of hydrogen-bond acceptors (Lipinski definition) is 5. The lowest BCUT2D eigenvalue weighted by molar-refractivity contribution is 0.168.